The molecule has 1 aromatic carbocycles. The van der Waals surface area contributed by atoms with Crippen molar-refractivity contribution < 1.29 is 4.79 Å². The van der Waals surface area contributed by atoms with Gasteiger partial charge in [-0.1, -0.05) is 50.1 Å². The van der Waals surface area contributed by atoms with E-state index in [-0.39, 0.29) is 36.6 Å². The molecule has 0 fully saturated rings. The summed E-state index contributed by atoms with van der Waals surface area (Å²) in [5.74, 6) is -0.181. The van der Waals surface area contributed by atoms with Gasteiger partial charge < -0.3 is 5.73 Å². The zero-order chi connectivity index (χ0) is 11.1. The maximum Gasteiger partial charge on any atom is 0.220 e. The van der Waals surface area contributed by atoms with E-state index < -0.39 is 0 Å². The number of nitrogens with two attached hydrogens (primary N) is 1. The van der Waals surface area contributed by atoms with Crippen molar-refractivity contribution in [2.24, 2.45) is 11.7 Å². The predicted molar refractivity (Wildman–Crippen MR) is 76.9 cm³/mol. The second kappa shape index (κ2) is 10.4. The highest BCUT2D eigenvalue weighted by Gasteiger charge is 2.14. The summed E-state index contributed by atoms with van der Waals surface area (Å²) >= 11 is 0. The van der Waals surface area contributed by atoms with E-state index >= 15 is 0 Å². The Morgan fingerprint density at radius 3 is 2.29 bits per heavy atom. The molecule has 0 radical (unpaired) electrons. The van der Waals surface area contributed by atoms with Crippen molar-refractivity contribution >= 4 is 30.7 Å². The molecule has 1 unspecified atom stereocenters. The van der Waals surface area contributed by atoms with Crippen molar-refractivity contribution in [1.82, 2.24) is 0 Å². The van der Waals surface area contributed by atoms with Crippen LogP contribution in [-0.4, -0.2) is 5.91 Å². The molecular weight excluding hydrogens is 257 g/mol. The highest BCUT2D eigenvalue weighted by atomic mass is 35.5. The van der Waals surface area contributed by atoms with Crippen molar-refractivity contribution in [2.75, 3.05) is 0 Å². The van der Waals surface area contributed by atoms with E-state index in [1.165, 1.54) is 5.56 Å². The molecule has 0 saturated heterocycles. The molecule has 0 saturated carbocycles. The Labute approximate surface area is 116 Å². The summed E-state index contributed by atoms with van der Waals surface area (Å²) in [7, 11) is 0. The Bertz CT molecular complexity index is 304. The number of hydrogen-bond acceptors (Lipinski definition) is 1. The van der Waals surface area contributed by atoms with Gasteiger partial charge in [-0.05, 0) is 18.4 Å². The van der Waals surface area contributed by atoms with Crippen molar-refractivity contribution in [3.63, 3.8) is 0 Å². The third-order valence-corrected chi connectivity index (χ3v) is 2.63. The summed E-state index contributed by atoms with van der Waals surface area (Å²) in [6, 6.07) is 10.1. The third kappa shape index (κ3) is 7.24. The minimum absolute atomic E-state index is 0. The standard InChI is InChI=1S/C13H19NO.2ClH/c1-2-3-9-12(13(14)15)10-11-7-5-4-6-8-11;;/h4-8,12H,2-3,9-10H2,1H3,(H2,14,15);2*1H. The first kappa shape index (κ1) is 18.6. The molecule has 4 heteroatoms. The maximum atomic E-state index is 11.2. The topological polar surface area (TPSA) is 43.1 Å². The van der Waals surface area contributed by atoms with Gasteiger partial charge in [0.25, 0.3) is 0 Å². The van der Waals surface area contributed by atoms with Crippen LogP contribution in [0.3, 0.4) is 0 Å². The second-order valence-corrected chi connectivity index (χ2v) is 3.93. The van der Waals surface area contributed by atoms with E-state index in [1.807, 2.05) is 30.3 Å². The molecule has 1 aromatic rings. The third-order valence-electron chi connectivity index (χ3n) is 2.63. The van der Waals surface area contributed by atoms with E-state index in [1.54, 1.807) is 0 Å². The molecule has 0 aliphatic rings. The van der Waals surface area contributed by atoms with Crippen LogP contribution in [0.25, 0.3) is 0 Å². The Morgan fingerprint density at radius 1 is 1.24 bits per heavy atom. The van der Waals surface area contributed by atoms with Crippen LogP contribution in [0, 0.1) is 5.92 Å². The molecule has 2 N–H and O–H groups in total. The van der Waals surface area contributed by atoms with Crippen LogP contribution in [0.1, 0.15) is 31.7 Å². The molecular formula is C13H21Cl2NO. The molecule has 1 rings (SSSR count). The average molecular weight is 278 g/mol. The SMILES string of the molecule is CCCCC(Cc1ccccc1)C(N)=O.Cl.Cl. The lowest BCUT2D eigenvalue weighted by Crippen LogP contribution is -2.25. The number of benzene rings is 1. The molecule has 0 aliphatic carbocycles. The van der Waals surface area contributed by atoms with Gasteiger partial charge in [-0.15, -0.1) is 24.8 Å². The number of primary amides is 1. The fourth-order valence-corrected chi connectivity index (χ4v) is 1.69. The first-order chi connectivity index (χ1) is 7.24. The molecule has 2 nitrogen and oxygen atoms in total. The minimum atomic E-state index is -0.174. The summed E-state index contributed by atoms with van der Waals surface area (Å²) < 4.78 is 0. The van der Waals surface area contributed by atoms with Crippen LogP contribution in [0.4, 0.5) is 0 Å². The van der Waals surface area contributed by atoms with Gasteiger partial charge in [0.15, 0.2) is 0 Å². The van der Waals surface area contributed by atoms with Crippen LogP contribution in [-0.2, 0) is 11.2 Å². The number of amides is 1. The Morgan fingerprint density at radius 2 is 1.82 bits per heavy atom. The van der Waals surface area contributed by atoms with Crippen molar-refractivity contribution in [3.8, 4) is 0 Å². The molecule has 17 heavy (non-hydrogen) atoms. The zero-order valence-electron chi connectivity index (χ0n) is 10.1. The normalized spacial score (nSPS) is 10.9. The summed E-state index contributed by atoms with van der Waals surface area (Å²) in [4.78, 5) is 11.2. The molecule has 1 atom stereocenters. The lowest BCUT2D eigenvalue weighted by molar-refractivity contribution is -0.122. The summed E-state index contributed by atoms with van der Waals surface area (Å²) in [6.07, 6.45) is 3.86. The highest BCUT2D eigenvalue weighted by Crippen LogP contribution is 2.14. The zero-order valence-corrected chi connectivity index (χ0v) is 11.7. The molecule has 98 valence electrons. The lowest BCUT2D eigenvalue weighted by atomic mass is 9.94. The van der Waals surface area contributed by atoms with E-state index in [2.05, 4.69) is 6.92 Å². The van der Waals surface area contributed by atoms with Gasteiger partial charge in [0, 0.05) is 5.92 Å². The van der Waals surface area contributed by atoms with Crippen LogP contribution >= 0.6 is 24.8 Å². The minimum Gasteiger partial charge on any atom is -0.369 e. The van der Waals surface area contributed by atoms with E-state index in [4.69, 9.17) is 5.73 Å². The van der Waals surface area contributed by atoms with Gasteiger partial charge >= 0.3 is 0 Å². The number of rotatable bonds is 6. The van der Waals surface area contributed by atoms with Gasteiger partial charge in [-0.25, -0.2) is 0 Å². The van der Waals surface area contributed by atoms with Gasteiger partial charge in [0.05, 0.1) is 0 Å². The number of carbonyl (C=O) groups is 1. The van der Waals surface area contributed by atoms with E-state index in [0.717, 1.165) is 25.7 Å². The molecule has 0 aliphatic heterocycles. The molecule has 0 heterocycles. The van der Waals surface area contributed by atoms with Crippen molar-refractivity contribution in [2.45, 2.75) is 32.6 Å². The van der Waals surface area contributed by atoms with Gasteiger partial charge in [0.2, 0.25) is 5.91 Å². The van der Waals surface area contributed by atoms with Crippen molar-refractivity contribution in [3.05, 3.63) is 35.9 Å². The van der Waals surface area contributed by atoms with Crippen LogP contribution < -0.4 is 5.73 Å². The first-order valence-electron chi connectivity index (χ1n) is 5.57. The monoisotopic (exact) mass is 277 g/mol. The molecule has 1 amide bonds. The quantitative estimate of drug-likeness (QED) is 0.851. The fourth-order valence-electron chi connectivity index (χ4n) is 1.69. The summed E-state index contributed by atoms with van der Waals surface area (Å²) in [5.41, 5.74) is 6.58. The van der Waals surface area contributed by atoms with E-state index in [0.29, 0.717) is 0 Å². The second-order valence-electron chi connectivity index (χ2n) is 3.93. The predicted octanol–water partition coefficient (Wildman–Crippen LogP) is 3.36. The van der Waals surface area contributed by atoms with Gasteiger partial charge in [-0.2, -0.15) is 0 Å². The molecule has 0 bridgehead atoms. The maximum absolute atomic E-state index is 11.2. The van der Waals surface area contributed by atoms with Gasteiger partial charge in [-0.3, -0.25) is 4.79 Å². The molecule has 0 aromatic heterocycles. The Kier molecular flexibility index (Phi) is 11.4. The van der Waals surface area contributed by atoms with Crippen LogP contribution in [0.15, 0.2) is 30.3 Å². The first-order valence-corrected chi connectivity index (χ1v) is 5.57. The Balaban J connectivity index is 0. The van der Waals surface area contributed by atoms with Crippen LogP contribution in [0.5, 0.6) is 0 Å². The number of hydrogen-bond donors (Lipinski definition) is 1. The number of halogens is 2. The number of carbonyl (C=O) groups excluding carboxylic acids is 1. The van der Waals surface area contributed by atoms with Crippen LogP contribution in [0.2, 0.25) is 0 Å². The van der Waals surface area contributed by atoms with E-state index in [9.17, 15) is 4.79 Å². The lowest BCUT2D eigenvalue weighted by Gasteiger charge is -2.12. The number of unbranched alkanes of at least 4 members (excludes halogenated alkanes) is 1. The largest absolute Gasteiger partial charge is 0.369 e. The van der Waals surface area contributed by atoms with Crippen molar-refractivity contribution in [1.29, 1.82) is 0 Å². The highest BCUT2D eigenvalue weighted by molar-refractivity contribution is 5.85. The average Bonchev–Trinajstić information content (AvgIpc) is 2.25. The summed E-state index contributed by atoms with van der Waals surface area (Å²) in [6.45, 7) is 2.13. The van der Waals surface area contributed by atoms with Gasteiger partial charge in [0.1, 0.15) is 0 Å². The Hall–Kier alpha value is -0.730. The molecule has 0 spiro atoms. The smallest absolute Gasteiger partial charge is 0.220 e. The summed E-state index contributed by atoms with van der Waals surface area (Å²) in [5, 5.41) is 0. The fraction of sp³-hybridized carbons (Fsp3) is 0.462.